The van der Waals surface area contributed by atoms with E-state index in [-0.39, 0.29) is 17.8 Å². The number of benzene rings is 1. The predicted octanol–water partition coefficient (Wildman–Crippen LogP) is 2.79. The van der Waals surface area contributed by atoms with Crippen molar-refractivity contribution in [3.63, 3.8) is 0 Å². The molecule has 0 unspecified atom stereocenters. The van der Waals surface area contributed by atoms with Gasteiger partial charge in [-0.2, -0.15) is 0 Å². The van der Waals surface area contributed by atoms with Crippen LogP contribution in [0.1, 0.15) is 24.0 Å². The number of pyridine rings is 1. The van der Waals surface area contributed by atoms with Crippen molar-refractivity contribution in [3.8, 4) is 5.75 Å². The number of amidine groups is 1. The van der Waals surface area contributed by atoms with Gasteiger partial charge < -0.3 is 20.7 Å². The number of nitrogens with one attached hydrogen (secondary N) is 2. The van der Waals surface area contributed by atoms with Gasteiger partial charge >= 0.3 is 6.03 Å². The molecule has 1 saturated heterocycles. The van der Waals surface area contributed by atoms with Crippen molar-refractivity contribution in [1.29, 1.82) is 0 Å². The summed E-state index contributed by atoms with van der Waals surface area (Å²) in [5.74, 6) is 0.705. The Hall–Kier alpha value is -3.02. The maximum absolute atomic E-state index is 12.6. The highest BCUT2D eigenvalue weighted by molar-refractivity contribution is 8.24. The highest BCUT2D eigenvalue weighted by Crippen LogP contribution is 2.46. The van der Waals surface area contributed by atoms with Crippen LogP contribution in [-0.4, -0.2) is 50.6 Å². The van der Waals surface area contributed by atoms with E-state index in [2.05, 4.69) is 19.4 Å². The number of urea groups is 1. The lowest BCUT2D eigenvalue weighted by molar-refractivity contribution is 0.137. The molecule has 10 nitrogen and oxygen atoms in total. The Labute approximate surface area is 182 Å². The lowest BCUT2D eigenvalue weighted by Crippen LogP contribution is -2.46. The van der Waals surface area contributed by atoms with E-state index in [0.29, 0.717) is 43.2 Å². The molecule has 4 rings (SSSR count). The Morgan fingerprint density at radius 1 is 1.32 bits per heavy atom. The molecule has 166 valence electrons. The molecule has 0 bridgehead atoms. The van der Waals surface area contributed by atoms with Crippen LogP contribution in [0.4, 0.5) is 10.5 Å². The number of hydrogen-bond acceptors (Lipinski definition) is 8. The van der Waals surface area contributed by atoms with Crippen LogP contribution in [-0.2, 0) is 6.54 Å². The number of nitrogens with zero attached hydrogens (tertiary/aromatic N) is 3. The molecule has 11 heteroatoms. The van der Waals surface area contributed by atoms with Crippen molar-refractivity contribution in [1.82, 2.24) is 15.2 Å². The van der Waals surface area contributed by atoms with E-state index in [4.69, 9.17) is 10.5 Å². The molecule has 2 aliphatic heterocycles. The minimum atomic E-state index is -3.34. The number of carbonyl (C=O) groups is 1. The standard InChI is InChI=1S/C20H26N6O4S/c21-19-18-16(24-31(28,29)25-19)4-1-5-17(18)30-13-15-3-2-10-26(12-15)20(27)23-11-14-6-8-22-9-7-14/h1,4-9,15,24,28-29H,2-3,10-13H2,(H2,21,25)(H,23,27)/t15-/m0/s1. The Balaban J connectivity index is 1.34. The Kier molecular flexibility index (Phi) is 6.16. The maximum atomic E-state index is 12.6. The van der Waals surface area contributed by atoms with Crippen LogP contribution in [0.2, 0.25) is 0 Å². The first-order valence-electron chi connectivity index (χ1n) is 10.0. The average molecular weight is 447 g/mol. The summed E-state index contributed by atoms with van der Waals surface area (Å²) in [6.07, 6.45) is 5.25. The topological polar surface area (TPSA) is 145 Å². The lowest BCUT2D eigenvalue weighted by Gasteiger charge is -2.34. The smallest absolute Gasteiger partial charge is 0.317 e. The molecular weight excluding hydrogens is 420 g/mol. The summed E-state index contributed by atoms with van der Waals surface area (Å²) in [6.45, 7) is 2.18. The summed E-state index contributed by atoms with van der Waals surface area (Å²) in [5, 5.41) is 2.95. The molecule has 2 amide bonds. The molecule has 1 fully saturated rings. The largest absolute Gasteiger partial charge is 0.492 e. The minimum absolute atomic E-state index is 0.0186. The van der Waals surface area contributed by atoms with Gasteiger partial charge in [-0.05, 0) is 53.6 Å². The Bertz CT molecular complexity index is 971. The van der Waals surface area contributed by atoms with E-state index in [0.717, 1.165) is 18.4 Å². The molecule has 1 aromatic carbocycles. The molecule has 6 N–H and O–H groups in total. The number of nitrogens with two attached hydrogens (primary N) is 1. The van der Waals surface area contributed by atoms with Gasteiger partial charge in [0.25, 0.3) is 0 Å². The van der Waals surface area contributed by atoms with Crippen molar-refractivity contribution in [3.05, 3.63) is 53.9 Å². The van der Waals surface area contributed by atoms with Crippen LogP contribution in [0.3, 0.4) is 0 Å². The number of anilines is 1. The Morgan fingerprint density at radius 2 is 2.13 bits per heavy atom. The fourth-order valence-electron chi connectivity index (χ4n) is 3.74. The maximum Gasteiger partial charge on any atom is 0.317 e. The second kappa shape index (κ2) is 9.00. The van der Waals surface area contributed by atoms with Crippen molar-refractivity contribution in [2.45, 2.75) is 19.4 Å². The van der Waals surface area contributed by atoms with Crippen LogP contribution in [0.5, 0.6) is 5.75 Å². The van der Waals surface area contributed by atoms with Crippen LogP contribution in [0.15, 0.2) is 47.1 Å². The zero-order valence-electron chi connectivity index (χ0n) is 16.9. The minimum Gasteiger partial charge on any atom is -0.492 e. The van der Waals surface area contributed by atoms with E-state index in [1.807, 2.05) is 17.0 Å². The van der Waals surface area contributed by atoms with Crippen molar-refractivity contribution in [2.75, 3.05) is 24.4 Å². The Morgan fingerprint density at radius 3 is 2.94 bits per heavy atom. The monoisotopic (exact) mass is 446 g/mol. The number of ether oxygens (including phenoxy) is 1. The van der Waals surface area contributed by atoms with Gasteiger partial charge in [0.05, 0.1) is 17.9 Å². The summed E-state index contributed by atoms with van der Waals surface area (Å²) in [4.78, 5) is 18.3. The van der Waals surface area contributed by atoms with E-state index in [1.54, 1.807) is 30.6 Å². The summed E-state index contributed by atoms with van der Waals surface area (Å²) in [6, 6.07) is 8.85. The summed E-state index contributed by atoms with van der Waals surface area (Å²) in [5.41, 5.74) is 7.91. The average Bonchev–Trinajstić information content (AvgIpc) is 2.76. The SMILES string of the molecule is NC1=NS(O)(O)Nc2cccc(OC[C@H]3CCCN(C(=O)NCc4ccncc4)C3)c21. The van der Waals surface area contributed by atoms with Gasteiger partial charge in [0.1, 0.15) is 5.75 Å². The summed E-state index contributed by atoms with van der Waals surface area (Å²) >= 11 is 0. The molecule has 1 atom stereocenters. The number of fused-ring (bicyclic) bond motifs is 1. The molecule has 31 heavy (non-hydrogen) atoms. The first kappa shape index (κ1) is 21.2. The second-order valence-corrected chi connectivity index (χ2v) is 8.98. The second-order valence-electron chi connectivity index (χ2n) is 7.56. The van der Waals surface area contributed by atoms with Gasteiger partial charge in [0.2, 0.25) is 0 Å². The molecule has 3 heterocycles. The number of aromatic nitrogens is 1. The highest BCUT2D eigenvalue weighted by Gasteiger charge is 2.27. The van der Waals surface area contributed by atoms with E-state index < -0.39 is 11.0 Å². The van der Waals surface area contributed by atoms with E-state index in [9.17, 15) is 13.9 Å². The van der Waals surface area contributed by atoms with Gasteiger partial charge in [-0.3, -0.25) is 18.8 Å². The number of hydrogen-bond donors (Lipinski definition) is 5. The van der Waals surface area contributed by atoms with E-state index >= 15 is 0 Å². The fraction of sp³-hybridized carbons (Fsp3) is 0.350. The normalized spacial score (nSPS) is 20.6. The molecule has 2 aliphatic rings. The van der Waals surface area contributed by atoms with Crippen LogP contribution < -0.4 is 20.5 Å². The third-order valence-corrected chi connectivity index (χ3v) is 6.17. The van der Waals surface area contributed by atoms with E-state index in [1.165, 1.54) is 0 Å². The quantitative estimate of drug-likeness (QED) is 0.475. The molecule has 0 spiro atoms. The zero-order chi connectivity index (χ0) is 21.8. The first-order valence-corrected chi connectivity index (χ1v) is 11.5. The molecule has 2 aromatic rings. The molecule has 1 aromatic heterocycles. The zero-order valence-corrected chi connectivity index (χ0v) is 17.7. The predicted molar refractivity (Wildman–Crippen MR) is 120 cm³/mol. The molecular formula is C20H26N6O4S. The van der Waals surface area contributed by atoms with Crippen molar-refractivity contribution >= 4 is 28.5 Å². The number of amides is 2. The van der Waals surface area contributed by atoms with Gasteiger partial charge in [-0.15, -0.1) is 4.40 Å². The highest BCUT2D eigenvalue weighted by atomic mass is 32.3. The van der Waals surface area contributed by atoms with Crippen LogP contribution in [0, 0.1) is 5.92 Å². The third kappa shape index (κ3) is 5.19. The number of piperidine rings is 1. The first-order chi connectivity index (χ1) is 14.9. The van der Waals surface area contributed by atoms with Crippen molar-refractivity contribution in [2.24, 2.45) is 16.0 Å². The number of likely N-dealkylation sites (tertiary alicyclic amines) is 1. The molecule has 0 aliphatic carbocycles. The molecule has 0 saturated carbocycles. The fourth-order valence-corrected chi connectivity index (χ4v) is 4.61. The van der Waals surface area contributed by atoms with Gasteiger partial charge in [0, 0.05) is 37.9 Å². The number of carbonyl (C=O) groups excluding carboxylic acids is 1. The summed E-state index contributed by atoms with van der Waals surface area (Å²) < 4.78 is 31.9. The number of rotatable bonds is 5. The van der Waals surface area contributed by atoms with Gasteiger partial charge in [-0.25, -0.2) is 4.79 Å². The summed E-state index contributed by atoms with van der Waals surface area (Å²) in [7, 11) is -3.34. The van der Waals surface area contributed by atoms with Crippen LogP contribution >= 0.6 is 11.0 Å². The third-order valence-electron chi connectivity index (χ3n) is 5.23. The van der Waals surface area contributed by atoms with Crippen LogP contribution in [0.25, 0.3) is 0 Å². The van der Waals surface area contributed by atoms with Gasteiger partial charge in [0.15, 0.2) is 5.84 Å². The lowest BCUT2D eigenvalue weighted by atomic mass is 9.99. The van der Waals surface area contributed by atoms with Gasteiger partial charge in [-0.1, -0.05) is 6.07 Å². The molecule has 0 radical (unpaired) electrons. The van der Waals surface area contributed by atoms with Crippen molar-refractivity contribution < 1.29 is 18.6 Å².